The van der Waals surface area contributed by atoms with Crippen molar-refractivity contribution in [3.05, 3.63) is 120 Å². The molecule has 0 saturated carbocycles. The summed E-state index contributed by atoms with van der Waals surface area (Å²) in [7, 11) is 0. The average Bonchev–Trinajstić information content (AvgIpc) is 2.94. The first-order chi connectivity index (χ1) is 18.8. The zero-order valence-corrected chi connectivity index (χ0v) is 22.4. The van der Waals surface area contributed by atoms with Gasteiger partial charge in [0.25, 0.3) is 17.1 Å². The first kappa shape index (κ1) is 27.9. The molecule has 4 rings (SSSR count). The van der Waals surface area contributed by atoms with E-state index in [-0.39, 0.29) is 17.1 Å². The van der Waals surface area contributed by atoms with Gasteiger partial charge in [0, 0.05) is 53.7 Å². The van der Waals surface area contributed by atoms with Gasteiger partial charge in [-0.1, -0.05) is 71.7 Å². The van der Waals surface area contributed by atoms with Gasteiger partial charge < -0.3 is 0 Å². The number of hydrogen-bond donors (Lipinski definition) is 0. The highest BCUT2D eigenvalue weighted by molar-refractivity contribution is 7.99. The Morgan fingerprint density at radius 3 is 0.897 bits per heavy atom. The maximum atomic E-state index is 10.9. The van der Waals surface area contributed by atoms with Crippen LogP contribution in [0.4, 0.5) is 17.1 Å². The highest BCUT2D eigenvalue weighted by Crippen LogP contribution is 2.29. The Kier molecular flexibility index (Phi) is 9.40. The molecule has 12 nitrogen and oxygen atoms in total. The van der Waals surface area contributed by atoms with E-state index >= 15 is 0 Å². The van der Waals surface area contributed by atoms with Gasteiger partial charge in [0.2, 0.25) is 0 Å². The Hall–Kier alpha value is -4.08. The summed E-state index contributed by atoms with van der Waals surface area (Å²) in [5, 5.41) is 34.1. The molecule has 1 heterocycles. The van der Waals surface area contributed by atoms with E-state index in [0.29, 0.717) is 32.7 Å². The molecule has 0 aliphatic carbocycles. The highest BCUT2D eigenvalue weighted by atomic mass is 32.2. The maximum absolute atomic E-state index is 10.9. The van der Waals surface area contributed by atoms with Crippen molar-refractivity contribution in [1.82, 2.24) is 15.0 Å². The number of hydrogen-bond acceptors (Lipinski definition) is 12. The zero-order chi connectivity index (χ0) is 27.8. The molecule has 3 aromatic carbocycles. The van der Waals surface area contributed by atoms with Crippen molar-refractivity contribution in [1.29, 1.82) is 0 Å². The van der Waals surface area contributed by atoms with Crippen LogP contribution in [0.5, 0.6) is 0 Å². The molecule has 0 fully saturated rings. The highest BCUT2D eigenvalue weighted by Gasteiger charge is 2.12. The molecule has 0 saturated heterocycles. The lowest BCUT2D eigenvalue weighted by atomic mass is 10.2. The molecule has 0 spiro atoms. The van der Waals surface area contributed by atoms with Gasteiger partial charge in [-0.05, 0) is 16.7 Å². The normalized spacial score (nSPS) is 10.8. The number of rotatable bonds is 12. The van der Waals surface area contributed by atoms with E-state index in [2.05, 4.69) is 15.0 Å². The Labute approximate surface area is 234 Å². The molecular formula is C24H18N6O6S3. The van der Waals surface area contributed by atoms with Crippen molar-refractivity contribution in [2.45, 2.75) is 32.7 Å². The lowest BCUT2D eigenvalue weighted by Crippen LogP contribution is -1.98. The van der Waals surface area contributed by atoms with Crippen molar-refractivity contribution < 1.29 is 14.8 Å². The largest absolute Gasteiger partial charge is 0.269 e. The lowest BCUT2D eigenvalue weighted by Gasteiger charge is -2.07. The van der Waals surface area contributed by atoms with Crippen molar-refractivity contribution in [3.63, 3.8) is 0 Å². The molecule has 39 heavy (non-hydrogen) atoms. The van der Waals surface area contributed by atoms with Gasteiger partial charge in [-0.3, -0.25) is 30.3 Å². The summed E-state index contributed by atoms with van der Waals surface area (Å²) >= 11 is 4.08. The van der Waals surface area contributed by atoms with Crippen LogP contribution < -0.4 is 0 Å². The van der Waals surface area contributed by atoms with E-state index in [9.17, 15) is 30.3 Å². The summed E-state index contributed by atoms with van der Waals surface area (Å²) in [5.41, 5.74) is 2.64. The summed E-state index contributed by atoms with van der Waals surface area (Å²) in [6.45, 7) is 0. The Morgan fingerprint density at radius 1 is 0.462 bits per heavy atom. The van der Waals surface area contributed by atoms with Gasteiger partial charge in [0.15, 0.2) is 15.5 Å². The van der Waals surface area contributed by atoms with Gasteiger partial charge in [-0.2, -0.15) is 15.0 Å². The fraction of sp³-hybridized carbons (Fsp3) is 0.125. The van der Waals surface area contributed by atoms with Gasteiger partial charge >= 0.3 is 0 Å². The Balaban J connectivity index is 1.48. The number of benzene rings is 3. The molecule has 198 valence electrons. The number of thioether (sulfide) groups is 3. The fourth-order valence-corrected chi connectivity index (χ4v) is 5.64. The molecule has 0 aliphatic rings. The molecule has 0 N–H and O–H groups in total. The fourth-order valence-electron chi connectivity index (χ4n) is 3.10. The molecule has 0 amide bonds. The zero-order valence-electron chi connectivity index (χ0n) is 19.9. The average molecular weight is 583 g/mol. The third kappa shape index (κ3) is 8.20. The maximum Gasteiger partial charge on any atom is 0.269 e. The minimum absolute atomic E-state index is 0.0128. The predicted octanol–water partition coefficient (Wildman–Crippen LogP) is 6.47. The van der Waals surface area contributed by atoms with Crippen LogP contribution in [0, 0.1) is 30.3 Å². The second-order valence-corrected chi connectivity index (χ2v) is 10.6. The van der Waals surface area contributed by atoms with Crippen molar-refractivity contribution in [2.24, 2.45) is 0 Å². The van der Waals surface area contributed by atoms with E-state index in [1.165, 1.54) is 71.7 Å². The Morgan fingerprint density at radius 2 is 0.692 bits per heavy atom. The van der Waals surface area contributed by atoms with E-state index in [1.54, 1.807) is 36.4 Å². The summed E-state index contributed by atoms with van der Waals surface area (Å²) in [6.07, 6.45) is 0. The smallest absolute Gasteiger partial charge is 0.258 e. The van der Waals surface area contributed by atoms with Crippen molar-refractivity contribution in [2.75, 3.05) is 0 Å². The number of non-ortho nitro benzene ring substituents is 3. The van der Waals surface area contributed by atoms with Crippen LogP contribution in [-0.4, -0.2) is 29.7 Å². The molecular weight excluding hydrogens is 565 g/mol. The second-order valence-electron chi connectivity index (χ2n) is 7.82. The van der Waals surface area contributed by atoms with Crippen LogP contribution in [-0.2, 0) is 17.3 Å². The van der Waals surface area contributed by atoms with Crippen LogP contribution in [0.15, 0.2) is 88.3 Å². The molecule has 0 radical (unpaired) electrons. The number of nitro benzene ring substituents is 3. The van der Waals surface area contributed by atoms with E-state index < -0.39 is 14.8 Å². The van der Waals surface area contributed by atoms with Crippen LogP contribution >= 0.6 is 35.3 Å². The topological polar surface area (TPSA) is 168 Å². The number of nitrogens with zero attached hydrogens (tertiary/aromatic N) is 6. The summed E-state index contributed by atoms with van der Waals surface area (Å²) < 4.78 is 0. The lowest BCUT2D eigenvalue weighted by molar-refractivity contribution is -0.385. The first-order valence-corrected chi connectivity index (χ1v) is 14.1. The molecule has 4 aromatic rings. The summed E-state index contributed by atoms with van der Waals surface area (Å²) in [4.78, 5) is 45.0. The molecule has 0 bridgehead atoms. The number of nitro groups is 3. The van der Waals surface area contributed by atoms with E-state index in [1.807, 2.05) is 0 Å². The van der Waals surface area contributed by atoms with Crippen molar-refractivity contribution in [3.8, 4) is 0 Å². The van der Waals surface area contributed by atoms with Crippen molar-refractivity contribution >= 4 is 52.3 Å². The Bertz CT molecular complexity index is 1300. The summed E-state index contributed by atoms with van der Waals surface area (Å²) in [6, 6.07) is 18.8. The van der Waals surface area contributed by atoms with Gasteiger partial charge in [-0.25, -0.2) is 0 Å². The van der Waals surface area contributed by atoms with Crippen LogP contribution in [0.3, 0.4) is 0 Å². The molecule has 1 aromatic heterocycles. The van der Waals surface area contributed by atoms with E-state index in [0.717, 1.165) is 16.7 Å². The number of aromatic nitrogens is 3. The van der Waals surface area contributed by atoms with Gasteiger partial charge in [0.1, 0.15) is 0 Å². The second kappa shape index (κ2) is 13.1. The molecule has 0 aliphatic heterocycles. The SMILES string of the molecule is O=[N+]([O-])c1ccc(CSc2nc(SCc3ccc([N+](=O)[O-])cc3)nc(SCc3ccc([N+](=O)[O-])cc3)n2)cc1. The predicted molar refractivity (Wildman–Crippen MR) is 148 cm³/mol. The van der Waals surface area contributed by atoms with Crippen LogP contribution in [0.1, 0.15) is 16.7 Å². The molecule has 15 heteroatoms. The third-order valence-electron chi connectivity index (χ3n) is 5.12. The molecule has 0 unspecified atom stereocenters. The molecule has 0 atom stereocenters. The monoisotopic (exact) mass is 582 g/mol. The minimum atomic E-state index is -0.453. The summed E-state index contributed by atoms with van der Waals surface area (Å²) in [5.74, 6) is 1.46. The van der Waals surface area contributed by atoms with Gasteiger partial charge in [0.05, 0.1) is 14.8 Å². The standard InChI is InChI=1S/C24H18N6O6S3/c31-28(32)19-7-1-16(2-8-19)13-37-22-25-23(38-14-17-3-9-20(10-4-17)29(33)34)27-24(26-22)39-15-18-5-11-21(12-6-18)30(35)36/h1-12H,13-15H2. The van der Waals surface area contributed by atoms with Crippen LogP contribution in [0.2, 0.25) is 0 Å². The first-order valence-electron chi connectivity index (χ1n) is 11.1. The minimum Gasteiger partial charge on any atom is -0.258 e. The van der Waals surface area contributed by atoms with Crippen LogP contribution in [0.25, 0.3) is 0 Å². The quantitative estimate of drug-likeness (QED) is 0.101. The third-order valence-corrected chi connectivity index (χ3v) is 7.87. The van der Waals surface area contributed by atoms with E-state index in [4.69, 9.17) is 0 Å². The van der Waals surface area contributed by atoms with Gasteiger partial charge in [-0.15, -0.1) is 0 Å².